The first-order chi connectivity index (χ1) is 13.1. The molecule has 2 aromatic rings. The number of carbonyl (C=O) groups is 1. The number of hydrogen-bond donors (Lipinski definition) is 1. The van der Waals surface area contributed by atoms with Gasteiger partial charge in [-0.15, -0.1) is 0 Å². The van der Waals surface area contributed by atoms with Gasteiger partial charge in [-0.05, 0) is 68.6 Å². The minimum Gasteiger partial charge on any atom is -0.497 e. The fourth-order valence-electron chi connectivity index (χ4n) is 3.47. The number of carbonyl (C=O) groups excluding carboxylic acids is 1. The molecule has 144 valence electrons. The summed E-state index contributed by atoms with van der Waals surface area (Å²) >= 11 is 0. The Morgan fingerprint density at radius 2 is 2.04 bits per heavy atom. The van der Waals surface area contributed by atoms with Gasteiger partial charge in [-0.1, -0.05) is 18.2 Å². The maximum absolute atomic E-state index is 12.9. The maximum Gasteiger partial charge on any atom is 0.241 e. The minimum absolute atomic E-state index is 0.0147. The molecule has 1 N–H and O–H groups in total. The highest BCUT2D eigenvalue weighted by atomic mass is 16.5. The molecule has 27 heavy (non-hydrogen) atoms. The Bertz CT molecular complexity index is 791. The summed E-state index contributed by atoms with van der Waals surface area (Å²) in [6, 6.07) is 13.5. The van der Waals surface area contributed by atoms with Crippen molar-refractivity contribution < 1.29 is 14.3 Å². The van der Waals surface area contributed by atoms with Gasteiger partial charge in [-0.3, -0.25) is 9.69 Å². The molecule has 0 spiro atoms. The highest BCUT2D eigenvalue weighted by Gasteiger charge is 2.25. The number of anilines is 1. The van der Waals surface area contributed by atoms with Gasteiger partial charge in [0, 0.05) is 6.54 Å². The van der Waals surface area contributed by atoms with Gasteiger partial charge in [-0.25, -0.2) is 0 Å². The second-order valence-corrected chi connectivity index (χ2v) is 6.80. The van der Waals surface area contributed by atoms with Crippen molar-refractivity contribution in [3.8, 4) is 11.5 Å². The zero-order valence-electron chi connectivity index (χ0n) is 16.3. The Hall–Kier alpha value is -2.53. The van der Waals surface area contributed by atoms with E-state index in [9.17, 15) is 4.79 Å². The summed E-state index contributed by atoms with van der Waals surface area (Å²) in [6.07, 6.45) is 2.03. The highest BCUT2D eigenvalue weighted by Crippen LogP contribution is 2.26. The van der Waals surface area contributed by atoms with E-state index in [1.165, 1.54) is 11.1 Å². The molecule has 0 fully saturated rings. The van der Waals surface area contributed by atoms with Crippen LogP contribution in [-0.4, -0.2) is 37.1 Å². The molecular weight excluding hydrogens is 340 g/mol. The quantitative estimate of drug-likeness (QED) is 0.841. The van der Waals surface area contributed by atoms with E-state index in [1.54, 1.807) is 7.11 Å². The van der Waals surface area contributed by atoms with E-state index in [-0.39, 0.29) is 11.9 Å². The SMILES string of the molecule is CCOc1ccccc1NC(=O)C(C)N1CCCc2cc(OC)ccc2C1. The first-order valence-electron chi connectivity index (χ1n) is 9.55. The number of methoxy groups -OCH3 is 1. The molecule has 0 aliphatic carbocycles. The molecule has 0 aromatic heterocycles. The summed E-state index contributed by atoms with van der Waals surface area (Å²) in [6.45, 7) is 6.12. The fraction of sp³-hybridized carbons (Fsp3) is 0.409. The number of nitrogens with zero attached hydrogens (tertiary/aromatic N) is 1. The van der Waals surface area contributed by atoms with E-state index in [4.69, 9.17) is 9.47 Å². The fourth-order valence-corrected chi connectivity index (χ4v) is 3.47. The summed E-state index contributed by atoms with van der Waals surface area (Å²) in [7, 11) is 1.69. The number of ether oxygens (including phenoxy) is 2. The standard InChI is InChI=1S/C22H28N2O3/c1-4-27-21-10-6-5-9-20(21)23-22(25)16(2)24-13-7-8-17-14-19(26-3)12-11-18(17)15-24/h5-6,9-12,14,16H,4,7-8,13,15H2,1-3H3,(H,23,25). The number of nitrogens with one attached hydrogen (secondary N) is 1. The molecule has 1 heterocycles. The van der Waals surface area contributed by atoms with Crippen LogP contribution in [0.1, 0.15) is 31.4 Å². The highest BCUT2D eigenvalue weighted by molar-refractivity contribution is 5.95. The molecule has 3 rings (SSSR count). The number of amides is 1. The van der Waals surface area contributed by atoms with Crippen molar-refractivity contribution in [2.45, 2.75) is 39.3 Å². The van der Waals surface area contributed by atoms with Gasteiger partial charge in [-0.2, -0.15) is 0 Å². The molecule has 1 amide bonds. The number of hydrogen-bond acceptors (Lipinski definition) is 4. The Kier molecular flexibility index (Phi) is 6.35. The van der Waals surface area contributed by atoms with Crippen LogP contribution in [0.2, 0.25) is 0 Å². The lowest BCUT2D eigenvalue weighted by atomic mass is 10.0. The van der Waals surface area contributed by atoms with Gasteiger partial charge >= 0.3 is 0 Å². The van der Waals surface area contributed by atoms with Crippen LogP contribution >= 0.6 is 0 Å². The Morgan fingerprint density at radius 1 is 1.22 bits per heavy atom. The minimum atomic E-state index is -0.229. The summed E-state index contributed by atoms with van der Waals surface area (Å²) in [5, 5.41) is 3.03. The molecular formula is C22H28N2O3. The maximum atomic E-state index is 12.9. The van der Waals surface area contributed by atoms with Crippen molar-refractivity contribution in [3.63, 3.8) is 0 Å². The Morgan fingerprint density at radius 3 is 2.81 bits per heavy atom. The van der Waals surface area contributed by atoms with Gasteiger partial charge < -0.3 is 14.8 Å². The van der Waals surface area contributed by atoms with Crippen molar-refractivity contribution in [2.24, 2.45) is 0 Å². The third kappa shape index (κ3) is 4.61. The second kappa shape index (κ2) is 8.91. The molecule has 0 saturated carbocycles. The van der Waals surface area contributed by atoms with Crippen molar-refractivity contribution >= 4 is 11.6 Å². The third-order valence-electron chi connectivity index (χ3n) is 5.05. The lowest BCUT2D eigenvalue weighted by molar-refractivity contribution is -0.121. The summed E-state index contributed by atoms with van der Waals surface area (Å²) < 4.78 is 11.0. The van der Waals surface area contributed by atoms with Gasteiger partial charge in [0.2, 0.25) is 5.91 Å². The van der Waals surface area contributed by atoms with Crippen LogP contribution in [-0.2, 0) is 17.8 Å². The Balaban J connectivity index is 1.71. The average molecular weight is 368 g/mol. The van der Waals surface area contributed by atoms with Crippen molar-refractivity contribution in [1.82, 2.24) is 4.90 Å². The van der Waals surface area contributed by atoms with E-state index in [2.05, 4.69) is 22.3 Å². The summed E-state index contributed by atoms with van der Waals surface area (Å²) in [5.74, 6) is 1.58. The number of para-hydroxylation sites is 2. The van der Waals surface area contributed by atoms with Gasteiger partial charge in [0.1, 0.15) is 11.5 Å². The van der Waals surface area contributed by atoms with E-state index in [1.807, 2.05) is 44.2 Å². The number of rotatable bonds is 6. The van der Waals surface area contributed by atoms with Crippen LogP contribution in [0, 0.1) is 0 Å². The molecule has 1 aliphatic heterocycles. The van der Waals surface area contributed by atoms with Crippen LogP contribution in [0.25, 0.3) is 0 Å². The molecule has 1 aliphatic rings. The number of aryl methyl sites for hydroxylation is 1. The van der Waals surface area contributed by atoms with Gasteiger partial charge in [0.15, 0.2) is 0 Å². The topological polar surface area (TPSA) is 50.8 Å². The van der Waals surface area contributed by atoms with Crippen molar-refractivity contribution in [2.75, 3.05) is 25.6 Å². The normalized spacial score (nSPS) is 15.4. The van der Waals surface area contributed by atoms with Crippen molar-refractivity contribution in [3.05, 3.63) is 53.6 Å². The first-order valence-corrected chi connectivity index (χ1v) is 9.55. The van der Waals surface area contributed by atoms with Gasteiger partial charge in [0.05, 0.1) is 25.4 Å². The lowest BCUT2D eigenvalue weighted by Gasteiger charge is -2.27. The zero-order chi connectivity index (χ0) is 19.2. The largest absolute Gasteiger partial charge is 0.497 e. The number of fused-ring (bicyclic) bond motifs is 1. The molecule has 1 unspecified atom stereocenters. The summed E-state index contributed by atoms with van der Waals surface area (Å²) in [5.41, 5.74) is 3.30. The van der Waals surface area contributed by atoms with E-state index >= 15 is 0 Å². The molecule has 0 radical (unpaired) electrons. The number of benzene rings is 2. The third-order valence-corrected chi connectivity index (χ3v) is 5.05. The van der Waals surface area contributed by atoms with E-state index in [0.717, 1.165) is 37.4 Å². The molecule has 5 nitrogen and oxygen atoms in total. The van der Waals surface area contributed by atoms with Crippen LogP contribution in [0.4, 0.5) is 5.69 Å². The average Bonchev–Trinajstić information content (AvgIpc) is 2.90. The zero-order valence-corrected chi connectivity index (χ0v) is 16.3. The molecule has 2 aromatic carbocycles. The van der Waals surface area contributed by atoms with Crippen LogP contribution in [0.5, 0.6) is 11.5 Å². The van der Waals surface area contributed by atoms with Crippen molar-refractivity contribution in [1.29, 1.82) is 0 Å². The van der Waals surface area contributed by atoms with E-state index in [0.29, 0.717) is 12.4 Å². The molecule has 0 bridgehead atoms. The predicted octanol–water partition coefficient (Wildman–Crippen LogP) is 3.87. The van der Waals surface area contributed by atoms with Crippen LogP contribution in [0.3, 0.4) is 0 Å². The van der Waals surface area contributed by atoms with Crippen LogP contribution in [0.15, 0.2) is 42.5 Å². The second-order valence-electron chi connectivity index (χ2n) is 6.80. The molecule has 1 atom stereocenters. The van der Waals surface area contributed by atoms with E-state index < -0.39 is 0 Å². The summed E-state index contributed by atoms with van der Waals surface area (Å²) in [4.78, 5) is 15.1. The van der Waals surface area contributed by atoms with Crippen LogP contribution < -0.4 is 14.8 Å². The Labute approximate surface area is 161 Å². The molecule has 5 heteroatoms. The van der Waals surface area contributed by atoms with Gasteiger partial charge in [0.25, 0.3) is 0 Å². The smallest absolute Gasteiger partial charge is 0.241 e. The lowest BCUT2D eigenvalue weighted by Crippen LogP contribution is -2.41. The predicted molar refractivity (Wildman–Crippen MR) is 107 cm³/mol. The monoisotopic (exact) mass is 368 g/mol. The molecule has 0 saturated heterocycles. The first kappa shape index (κ1) is 19.2.